The van der Waals surface area contributed by atoms with Crippen molar-refractivity contribution < 1.29 is 19.7 Å². The lowest BCUT2D eigenvalue weighted by molar-refractivity contribution is 0.0689. The molecule has 2 rings (SSSR count). The van der Waals surface area contributed by atoms with E-state index < -0.39 is 5.97 Å². The van der Waals surface area contributed by atoms with Crippen molar-refractivity contribution in [3.05, 3.63) is 41.7 Å². The van der Waals surface area contributed by atoms with Gasteiger partial charge in [-0.2, -0.15) is 4.98 Å². The molecule has 1 aromatic carbocycles. The van der Waals surface area contributed by atoms with Crippen LogP contribution in [-0.4, -0.2) is 90.4 Å². The fraction of sp³-hybridized carbons (Fsp3) is 0.450. The van der Waals surface area contributed by atoms with Crippen molar-refractivity contribution in [2.75, 3.05) is 54.5 Å². The summed E-state index contributed by atoms with van der Waals surface area (Å²) >= 11 is 0. The third kappa shape index (κ3) is 7.99. The molecule has 8 nitrogen and oxygen atoms in total. The monoisotopic (exact) mass is 390 g/mol. The van der Waals surface area contributed by atoms with Crippen molar-refractivity contribution in [3.8, 4) is 17.1 Å². The van der Waals surface area contributed by atoms with Crippen LogP contribution >= 0.6 is 0 Å². The van der Waals surface area contributed by atoms with E-state index in [0.29, 0.717) is 18.7 Å². The van der Waals surface area contributed by atoms with Crippen molar-refractivity contribution in [1.29, 1.82) is 0 Å². The Balaban J connectivity index is 0.000000568. The second-order valence-electron chi connectivity index (χ2n) is 6.71. The molecule has 0 aliphatic carbocycles. The molecule has 2 N–H and O–H groups in total. The van der Waals surface area contributed by atoms with Crippen molar-refractivity contribution in [2.45, 2.75) is 6.92 Å². The Kier molecular flexibility index (Phi) is 10.1. The van der Waals surface area contributed by atoms with Crippen LogP contribution in [0.4, 0.5) is 0 Å². The summed E-state index contributed by atoms with van der Waals surface area (Å²) in [6, 6.07) is 7.61. The number of likely N-dealkylation sites (N-methyl/N-ethyl adjacent to an activating group) is 2. The summed E-state index contributed by atoms with van der Waals surface area (Å²) in [5.41, 5.74) is 2.21. The molecule has 0 saturated heterocycles. The van der Waals surface area contributed by atoms with Gasteiger partial charge >= 0.3 is 12.0 Å². The summed E-state index contributed by atoms with van der Waals surface area (Å²) in [7, 11) is 7.70. The van der Waals surface area contributed by atoms with E-state index in [0.717, 1.165) is 17.7 Å². The summed E-state index contributed by atoms with van der Waals surface area (Å²) < 4.78 is 5.40. The molecule has 0 unspecified atom stereocenters. The van der Waals surface area contributed by atoms with Crippen LogP contribution in [0, 0.1) is 6.92 Å². The van der Waals surface area contributed by atoms with Crippen molar-refractivity contribution >= 4 is 5.97 Å². The Hall–Kier alpha value is -2.55. The first-order valence-corrected chi connectivity index (χ1v) is 8.95. The number of benzene rings is 1. The van der Waals surface area contributed by atoms with Gasteiger partial charge in [0.15, 0.2) is 5.69 Å². The van der Waals surface area contributed by atoms with Gasteiger partial charge in [-0.25, -0.2) is 9.78 Å². The summed E-state index contributed by atoms with van der Waals surface area (Å²) in [5.74, 6) is -1.10. The van der Waals surface area contributed by atoms with E-state index in [1.54, 1.807) is 0 Å². The topological polar surface area (TPSA) is 99.0 Å². The van der Waals surface area contributed by atoms with Crippen molar-refractivity contribution in [2.24, 2.45) is 0 Å². The fourth-order valence-corrected chi connectivity index (χ4v) is 2.19. The molecule has 0 saturated carbocycles. The van der Waals surface area contributed by atoms with Crippen LogP contribution < -0.4 is 4.74 Å². The van der Waals surface area contributed by atoms with Crippen LogP contribution in [0.3, 0.4) is 0 Å². The molecule has 0 aliphatic heterocycles. The number of carboxylic acids is 1. The van der Waals surface area contributed by atoms with E-state index >= 15 is 0 Å². The molecule has 154 valence electrons. The van der Waals surface area contributed by atoms with Crippen molar-refractivity contribution in [1.82, 2.24) is 19.8 Å². The number of nitrogens with zero attached hydrogens (tertiary/aromatic N) is 4. The number of aliphatic hydroxyl groups excluding tert-OH is 1. The molecule has 0 fully saturated rings. The number of aromatic carboxylic acids is 1. The second kappa shape index (κ2) is 12.0. The van der Waals surface area contributed by atoms with Crippen molar-refractivity contribution in [3.63, 3.8) is 0 Å². The van der Waals surface area contributed by atoms with Crippen LogP contribution in [-0.2, 0) is 0 Å². The molecule has 0 atom stereocenters. The molecule has 0 aliphatic rings. The van der Waals surface area contributed by atoms with E-state index in [9.17, 15) is 9.90 Å². The average molecular weight is 390 g/mol. The predicted octanol–water partition coefficient (Wildman–Crippen LogP) is 1.63. The molecule has 1 heterocycles. The normalized spacial score (nSPS) is 10.6. The SMILES string of the molecule is CN(C)CCO.Cc1ccccc1-c1cnc(OCCN(C)C)nc1C(=O)O. The summed E-state index contributed by atoms with van der Waals surface area (Å²) in [4.78, 5) is 23.5. The maximum Gasteiger partial charge on any atom is 0.355 e. The molecule has 2 aromatic rings. The molecular formula is C20H30N4O4. The number of ether oxygens (including phenoxy) is 1. The minimum absolute atomic E-state index is 0.0517. The summed E-state index contributed by atoms with van der Waals surface area (Å²) in [5, 5.41) is 17.6. The second-order valence-corrected chi connectivity index (χ2v) is 6.71. The Labute approximate surface area is 166 Å². The smallest absolute Gasteiger partial charge is 0.355 e. The lowest BCUT2D eigenvalue weighted by Gasteiger charge is -2.12. The lowest BCUT2D eigenvalue weighted by Crippen LogP contribution is -2.20. The Bertz CT molecular complexity index is 751. The van der Waals surface area contributed by atoms with Crippen LogP contribution in [0.15, 0.2) is 30.5 Å². The molecule has 1 aromatic heterocycles. The van der Waals surface area contributed by atoms with E-state index in [2.05, 4.69) is 9.97 Å². The number of hydrogen-bond donors (Lipinski definition) is 2. The number of aryl methyl sites for hydroxylation is 1. The predicted molar refractivity (Wildman–Crippen MR) is 109 cm³/mol. The Morgan fingerprint density at radius 1 is 1.07 bits per heavy atom. The van der Waals surface area contributed by atoms with Gasteiger partial charge < -0.3 is 24.7 Å². The Morgan fingerprint density at radius 3 is 2.21 bits per heavy atom. The van der Waals surface area contributed by atoms with Gasteiger partial charge in [0.25, 0.3) is 0 Å². The number of aliphatic hydroxyl groups is 1. The summed E-state index contributed by atoms with van der Waals surface area (Å²) in [6.07, 6.45) is 1.50. The molecule has 0 spiro atoms. The first-order chi connectivity index (χ1) is 13.3. The zero-order chi connectivity index (χ0) is 21.1. The van der Waals surface area contributed by atoms with E-state index in [1.807, 2.05) is 69.2 Å². The highest BCUT2D eigenvalue weighted by atomic mass is 16.5. The van der Waals surface area contributed by atoms with E-state index in [1.165, 1.54) is 6.20 Å². The van der Waals surface area contributed by atoms with Gasteiger partial charge in [-0.3, -0.25) is 0 Å². The molecule has 0 radical (unpaired) electrons. The third-order valence-electron chi connectivity index (χ3n) is 3.72. The first kappa shape index (κ1) is 23.5. The van der Waals surface area contributed by atoms with Gasteiger partial charge in [0.05, 0.1) is 6.61 Å². The molecule has 8 heteroatoms. The minimum Gasteiger partial charge on any atom is -0.476 e. The number of aromatic nitrogens is 2. The average Bonchev–Trinajstić information content (AvgIpc) is 2.62. The molecular weight excluding hydrogens is 360 g/mol. The number of rotatable bonds is 8. The quantitative estimate of drug-likeness (QED) is 0.702. The third-order valence-corrected chi connectivity index (χ3v) is 3.72. The van der Waals surface area contributed by atoms with Gasteiger partial charge in [-0.05, 0) is 46.2 Å². The van der Waals surface area contributed by atoms with Crippen LogP contribution in [0.2, 0.25) is 0 Å². The summed E-state index contributed by atoms with van der Waals surface area (Å²) in [6.45, 7) is 4.04. The number of carbonyl (C=O) groups is 1. The highest BCUT2D eigenvalue weighted by Gasteiger charge is 2.17. The van der Waals surface area contributed by atoms with Crippen LogP contribution in [0.1, 0.15) is 16.1 Å². The maximum atomic E-state index is 11.5. The van der Waals surface area contributed by atoms with E-state index in [-0.39, 0.29) is 18.3 Å². The van der Waals surface area contributed by atoms with Crippen LogP contribution in [0.25, 0.3) is 11.1 Å². The molecule has 28 heavy (non-hydrogen) atoms. The highest BCUT2D eigenvalue weighted by Crippen LogP contribution is 2.26. The number of hydrogen-bond acceptors (Lipinski definition) is 7. The minimum atomic E-state index is -1.10. The standard InChI is InChI=1S/C16H19N3O3.C4H11NO/c1-11-6-4-5-7-12(11)13-10-17-16(18-14(13)15(20)21)22-9-8-19(2)3;1-5(2)3-4-6/h4-7,10H,8-9H2,1-3H3,(H,20,21);6H,3-4H2,1-2H3. The lowest BCUT2D eigenvalue weighted by atomic mass is 10.0. The molecule has 0 bridgehead atoms. The van der Waals surface area contributed by atoms with Gasteiger partial charge in [0.2, 0.25) is 0 Å². The van der Waals surface area contributed by atoms with Gasteiger partial charge in [0, 0.05) is 24.8 Å². The van der Waals surface area contributed by atoms with Gasteiger partial charge in [-0.15, -0.1) is 0 Å². The van der Waals surface area contributed by atoms with Gasteiger partial charge in [0.1, 0.15) is 6.61 Å². The zero-order valence-corrected chi connectivity index (χ0v) is 17.2. The highest BCUT2D eigenvalue weighted by molar-refractivity contribution is 5.94. The first-order valence-electron chi connectivity index (χ1n) is 8.95. The number of carboxylic acid groups (broad SMARTS) is 1. The van der Waals surface area contributed by atoms with E-state index in [4.69, 9.17) is 9.84 Å². The van der Waals surface area contributed by atoms with Gasteiger partial charge in [-0.1, -0.05) is 24.3 Å². The largest absolute Gasteiger partial charge is 0.476 e. The fourth-order valence-electron chi connectivity index (χ4n) is 2.19. The Morgan fingerprint density at radius 2 is 1.71 bits per heavy atom. The molecule has 0 amide bonds. The van der Waals surface area contributed by atoms with Crippen LogP contribution in [0.5, 0.6) is 6.01 Å². The zero-order valence-electron chi connectivity index (χ0n) is 17.2. The maximum absolute atomic E-state index is 11.5.